The van der Waals surface area contributed by atoms with Crippen LogP contribution in [0, 0.1) is 5.92 Å². The molecule has 0 aliphatic carbocycles. The molecule has 1 aliphatic heterocycles. The van der Waals surface area contributed by atoms with Gasteiger partial charge in [-0.05, 0) is 11.1 Å². The van der Waals surface area contributed by atoms with Gasteiger partial charge in [-0.1, -0.05) is 13.8 Å². The normalized spacial score (nSPS) is 21.2. The number of likely N-dealkylation sites (tertiary alicyclic amines) is 1. The third kappa shape index (κ3) is 4.16. The molecule has 1 fully saturated rings. The first-order valence-electron chi connectivity index (χ1n) is 7.98. The summed E-state index contributed by atoms with van der Waals surface area (Å²) in [6, 6.07) is 0.619. The number of aromatic nitrogens is 1. The van der Waals surface area contributed by atoms with Crippen molar-refractivity contribution in [3.8, 4) is 5.88 Å². The van der Waals surface area contributed by atoms with Crippen molar-refractivity contribution >= 4 is 18.2 Å². The molecule has 0 aromatic carbocycles. The van der Waals surface area contributed by atoms with Gasteiger partial charge in [0.1, 0.15) is 18.6 Å². The Kier molecular flexibility index (Phi) is 6.13. The van der Waals surface area contributed by atoms with E-state index >= 15 is 0 Å². The first-order chi connectivity index (χ1) is 11.9. The molecule has 0 radical (unpaired) electrons. The van der Waals surface area contributed by atoms with Gasteiger partial charge in [0.25, 0.3) is 5.88 Å². The van der Waals surface area contributed by atoms with Crippen molar-refractivity contribution in [2.24, 2.45) is 5.92 Å². The lowest BCUT2D eigenvalue weighted by atomic mass is 9.91. The van der Waals surface area contributed by atoms with Gasteiger partial charge >= 0.3 is 5.97 Å². The van der Waals surface area contributed by atoms with Gasteiger partial charge in [-0.25, -0.2) is 4.79 Å². The van der Waals surface area contributed by atoms with Crippen LogP contribution in [0.2, 0.25) is 0 Å². The molecule has 1 aromatic rings. The van der Waals surface area contributed by atoms with Crippen LogP contribution in [0.1, 0.15) is 31.9 Å². The number of hydrogen-bond acceptors (Lipinski definition) is 8. The second-order valence-corrected chi connectivity index (χ2v) is 6.19. The van der Waals surface area contributed by atoms with E-state index in [2.05, 4.69) is 5.16 Å². The van der Waals surface area contributed by atoms with Gasteiger partial charge in [0, 0.05) is 19.0 Å². The smallest absolute Gasteiger partial charge is 0.328 e. The van der Waals surface area contributed by atoms with Crippen LogP contribution in [-0.2, 0) is 19.1 Å². The van der Waals surface area contributed by atoms with Crippen molar-refractivity contribution in [3.63, 3.8) is 0 Å². The van der Waals surface area contributed by atoms with Crippen molar-refractivity contribution in [2.75, 3.05) is 20.3 Å². The maximum Gasteiger partial charge on any atom is 0.328 e. The summed E-state index contributed by atoms with van der Waals surface area (Å²) in [6.45, 7) is 3.53. The number of esters is 1. The summed E-state index contributed by atoms with van der Waals surface area (Å²) >= 11 is 0. The molecule has 0 spiro atoms. The number of aldehydes is 1. The summed E-state index contributed by atoms with van der Waals surface area (Å²) in [5.74, 6) is -1.42. The molecule has 1 aromatic heterocycles. The Morgan fingerprint density at radius 1 is 1.52 bits per heavy atom. The highest BCUT2D eigenvalue weighted by molar-refractivity contribution is 5.89. The maximum absolute atomic E-state index is 13.0. The number of β-amino-alcohol motifs (C(OH)–C–C–N with tert-alkyl or cyclic N) is 1. The van der Waals surface area contributed by atoms with Crippen LogP contribution >= 0.6 is 0 Å². The SMILES string of the molecule is COC(=O)[C@@H]1C[C@@H](O)CN1C(=O)[C@@H](c1cc(OCC=O)no1)C(C)C. The highest BCUT2D eigenvalue weighted by Crippen LogP contribution is 2.32. The lowest BCUT2D eigenvalue weighted by Crippen LogP contribution is -2.44. The van der Waals surface area contributed by atoms with Gasteiger partial charge in [0.2, 0.25) is 5.91 Å². The molecule has 9 nitrogen and oxygen atoms in total. The van der Waals surface area contributed by atoms with Gasteiger partial charge < -0.3 is 24.0 Å². The Balaban J connectivity index is 2.24. The number of hydrogen-bond donors (Lipinski definition) is 1. The van der Waals surface area contributed by atoms with E-state index in [4.69, 9.17) is 14.0 Å². The van der Waals surface area contributed by atoms with Gasteiger partial charge in [0.15, 0.2) is 12.0 Å². The van der Waals surface area contributed by atoms with Crippen molar-refractivity contribution in [1.82, 2.24) is 10.1 Å². The maximum atomic E-state index is 13.0. The summed E-state index contributed by atoms with van der Waals surface area (Å²) in [4.78, 5) is 36.6. The van der Waals surface area contributed by atoms with Crippen LogP contribution in [-0.4, -0.2) is 65.7 Å². The minimum absolute atomic E-state index is 0.0461. The summed E-state index contributed by atoms with van der Waals surface area (Å²) in [7, 11) is 1.24. The summed E-state index contributed by atoms with van der Waals surface area (Å²) in [6.07, 6.45) is -0.0821. The molecule has 1 aliphatic rings. The molecule has 25 heavy (non-hydrogen) atoms. The Morgan fingerprint density at radius 2 is 2.24 bits per heavy atom. The quantitative estimate of drug-likeness (QED) is 0.542. The standard InChI is InChI=1S/C16H22N2O7/c1-9(2)14(12-7-13(17-25-12)24-5-4-19)15(21)18-8-10(20)6-11(18)16(22)23-3/h4,7,9-11,14,20H,5-6,8H2,1-3H3/t10-,11+,14-/m1/s1. The van der Waals surface area contributed by atoms with Crippen LogP contribution in [0.4, 0.5) is 0 Å². The molecule has 2 heterocycles. The fraction of sp³-hybridized carbons (Fsp3) is 0.625. The van der Waals surface area contributed by atoms with E-state index in [0.717, 1.165) is 0 Å². The van der Waals surface area contributed by atoms with E-state index in [9.17, 15) is 19.5 Å². The zero-order valence-corrected chi connectivity index (χ0v) is 14.4. The number of methoxy groups -OCH3 is 1. The van der Waals surface area contributed by atoms with Crippen LogP contribution in [0.5, 0.6) is 5.88 Å². The zero-order chi connectivity index (χ0) is 18.6. The number of amides is 1. The van der Waals surface area contributed by atoms with E-state index in [1.54, 1.807) is 0 Å². The topological polar surface area (TPSA) is 119 Å². The lowest BCUT2D eigenvalue weighted by Gasteiger charge is -2.27. The second-order valence-electron chi connectivity index (χ2n) is 6.19. The highest BCUT2D eigenvalue weighted by atomic mass is 16.5. The number of ether oxygens (including phenoxy) is 2. The Hall–Kier alpha value is -2.42. The van der Waals surface area contributed by atoms with Crippen molar-refractivity contribution in [2.45, 2.75) is 38.3 Å². The predicted octanol–water partition coefficient (Wildman–Crippen LogP) is 0.127. The second kappa shape index (κ2) is 8.11. The molecule has 3 atom stereocenters. The molecule has 1 saturated heterocycles. The van der Waals surface area contributed by atoms with E-state index in [1.807, 2.05) is 13.8 Å². The number of carbonyl (C=O) groups is 3. The summed E-state index contributed by atoms with van der Waals surface area (Å²) in [5, 5.41) is 13.5. The molecule has 1 amide bonds. The van der Waals surface area contributed by atoms with Crippen molar-refractivity contribution in [1.29, 1.82) is 0 Å². The van der Waals surface area contributed by atoms with Crippen LogP contribution in [0.25, 0.3) is 0 Å². The molecular weight excluding hydrogens is 332 g/mol. The Labute approximate surface area is 144 Å². The Morgan fingerprint density at radius 3 is 2.84 bits per heavy atom. The number of aliphatic hydroxyl groups excluding tert-OH is 1. The molecule has 138 valence electrons. The zero-order valence-electron chi connectivity index (χ0n) is 14.4. The van der Waals surface area contributed by atoms with Crippen molar-refractivity contribution < 1.29 is 33.5 Å². The van der Waals surface area contributed by atoms with E-state index in [-0.39, 0.29) is 43.0 Å². The average Bonchev–Trinajstić information content (AvgIpc) is 3.18. The average molecular weight is 354 g/mol. The minimum Gasteiger partial charge on any atom is -0.468 e. The number of aliphatic hydroxyl groups is 1. The summed E-state index contributed by atoms with van der Waals surface area (Å²) in [5.41, 5.74) is 0. The molecule has 1 N–H and O–H groups in total. The molecule has 0 saturated carbocycles. The van der Waals surface area contributed by atoms with E-state index in [0.29, 0.717) is 6.29 Å². The third-order valence-corrected chi connectivity index (χ3v) is 4.08. The first-order valence-corrected chi connectivity index (χ1v) is 7.98. The van der Waals surface area contributed by atoms with Crippen LogP contribution < -0.4 is 4.74 Å². The molecular formula is C16H22N2O7. The molecule has 9 heteroatoms. The fourth-order valence-corrected chi connectivity index (χ4v) is 2.94. The van der Waals surface area contributed by atoms with Gasteiger partial charge in [0.05, 0.1) is 13.2 Å². The minimum atomic E-state index is -0.831. The number of nitrogens with zero attached hydrogens (tertiary/aromatic N) is 2. The number of rotatable bonds is 7. The van der Waals surface area contributed by atoms with Crippen LogP contribution in [0.3, 0.4) is 0 Å². The molecule has 0 unspecified atom stereocenters. The van der Waals surface area contributed by atoms with Gasteiger partial charge in [-0.3, -0.25) is 9.59 Å². The number of carbonyl (C=O) groups excluding carboxylic acids is 3. The highest BCUT2D eigenvalue weighted by Gasteiger charge is 2.43. The Bertz CT molecular complexity index is 628. The molecule has 0 bridgehead atoms. The monoisotopic (exact) mass is 354 g/mol. The van der Waals surface area contributed by atoms with Gasteiger partial charge in [-0.15, -0.1) is 0 Å². The fourth-order valence-electron chi connectivity index (χ4n) is 2.94. The third-order valence-electron chi connectivity index (χ3n) is 4.08. The first kappa shape index (κ1) is 18.9. The van der Waals surface area contributed by atoms with E-state index < -0.39 is 24.0 Å². The summed E-state index contributed by atoms with van der Waals surface area (Å²) < 4.78 is 15.0. The van der Waals surface area contributed by atoms with Gasteiger partial charge in [-0.2, -0.15) is 0 Å². The largest absolute Gasteiger partial charge is 0.468 e. The predicted molar refractivity (Wildman–Crippen MR) is 83.8 cm³/mol. The lowest BCUT2D eigenvalue weighted by molar-refractivity contribution is -0.152. The van der Waals surface area contributed by atoms with Crippen LogP contribution in [0.15, 0.2) is 10.6 Å². The molecule has 2 rings (SSSR count). The van der Waals surface area contributed by atoms with E-state index in [1.165, 1.54) is 18.1 Å². The van der Waals surface area contributed by atoms with Crippen molar-refractivity contribution in [3.05, 3.63) is 11.8 Å².